The number of ketones is 1. The van der Waals surface area contributed by atoms with Crippen molar-refractivity contribution in [2.75, 3.05) is 7.11 Å². The highest BCUT2D eigenvalue weighted by molar-refractivity contribution is 6.11. The van der Waals surface area contributed by atoms with Crippen LogP contribution in [0, 0.1) is 38.9 Å². The van der Waals surface area contributed by atoms with Crippen molar-refractivity contribution in [2.24, 2.45) is 38.9 Å². The number of carbonyl (C=O) groups excluding carboxylic acids is 4. The number of ether oxygens (including phenoxy) is 3. The van der Waals surface area contributed by atoms with Crippen LogP contribution in [0.2, 0.25) is 0 Å². The van der Waals surface area contributed by atoms with Crippen LogP contribution < -0.4 is 0 Å². The molecule has 9 nitrogen and oxygen atoms in total. The normalized spacial score (nSPS) is 40.5. The van der Waals surface area contributed by atoms with Crippen molar-refractivity contribution < 1.29 is 43.3 Å². The maximum absolute atomic E-state index is 14.2. The van der Waals surface area contributed by atoms with Crippen LogP contribution in [0.25, 0.3) is 0 Å². The van der Waals surface area contributed by atoms with E-state index in [4.69, 9.17) is 14.2 Å². The van der Waals surface area contributed by atoms with E-state index in [1.54, 1.807) is 20.8 Å². The molecule has 0 radical (unpaired) electrons. The summed E-state index contributed by atoms with van der Waals surface area (Å²) in [5, 5.41) is 11.0. The minimum Gasteiger partial charge on any atom is -0.481 e. The van der Waals surface area contributed by atoms with Gasteiger partial charge < -0.3 is 19.3 Å². The van der Waals surface area contributed by atoms with E-state index in [0.29, 0.717) is 24.8 Å². The number of allylic oxidation sites excluding steroid dienone is 3. The number of carbonyl (C=O) groups is 5. The number of fused-ring (bicyclic) bond motifs is 5. The van der Waals surface area contributed by atoms with Gasteiger partial charge in [-0.15, -0.1) is 0 Å². The third kappa shape index (κ3) is 3.21. The predicted molar refractivity (Wildman–Crippen MR) is 139 cm³/mol. The molecule has 0 amide bonds. The summed E-state index contributed by atoms with van der Waals surface area (Å²) in [7, 11) is 1.24. The summed E-state index contributed by atoms with van der Waals surface area (Å²) < 4.78 is 16.8. The molecule has 7 unspecified atom stereocenters. The van der Waals surface area contributed by atoms with Crippen LogP contribution in [0.3, 0.4) is 0 Å². The summed E-state index contributed by atoms with van der Waals surface area (Å²) in [6.45, 7) is 13.3. The van der Waals surface area contributed by atoms with Crippen molar-refractivity contribution in [2.45, 2.75) is 87.2 Å². The summed E-state index contributed by atoms with van der Waals surface area (Å²) in [4.78, 5) is 66.0. The molecule has 4 aliphatic rings. The quantitative estimate of drug-likeness (QED) is 0.311. The lowest BCUT2D eigenvalue weighted by molar-refractivity contribution is -0.230. The second-order valence-electron chi connectivity index (χ2n) is 12.9. The molecule has 0 spiro atoms. The molecule has 2 saturated carbocycles. The standard InChI is InChI=1S/C30H40O9/c1-15-14-20-27(7,30(25(36)37-9)23(39-18(4)32)16(2)22(33)28(15,30)8)12-10-19-26(5,6)21(38-17(3)31)11-13-29(19,20)24(34)35/h14,19-21H,10-13H2,1-9H3,(H,34,35). The first kappa shape index (κ1) is 29.0. The second kappa shape index (κ2) is 8.77. The molecule has 7 atom stereocenters. The molecular formula is C30H40O9. The number of hydrogen-bond acceptors (Lipinski definition) is 8. The van der Waals surface area contributed by atoms with E-state index in [1.165, 1.54) is 21.0 Å². The molecule has 214 valence electrons. The Bertz CT molecular complexity index is 1240. The Hall–Kier alpha value is -2.97. The lowest BCUT2D eigenvalue weighted by Gasteiger charge is -2.68. The highest BCUT2D eigenvalue weighted by Gasteiger charge is 2.82. The van der Waals surface area contributed by atoms with E-state index in [0.717, 1.165) is 0 Å². The molecule has 4 aliphatic carbocycles. The Balaban J connectivity index is 2.07. The molecule has 2 fully saturated rings. The summed E-state index contributed by atoms with van der Waals surface area (Å²) in [5.41, 5.74) is -5.66. The number of esters is 3. The van der Waals surface area contributed by atoms with Crippen molar-refractivity contribution in [1.82, 2.24) is 0 Å². The molecule has 0 heterocycles. The summed E-state index contributed by atoms with van der Waals surface area (Å²) in [6.07, 6.45) is 2.72. The number of carboxylic acid groups (broad SMARTS) is 1. The molecule has 39 heavy (non-hydrogen) atoms. The van der Waals surface area contributed by atoms with E-state index in [9.17, 15) is 29.1 Å². The molecule has 1 N–H and O–H groups in total. The van der Waals surface area contributed by atoms with E-state index < -0.39 is 68.9 Å². The fraction of sp³-hybridized carbons (Fsp3) is 0.700. The monoisotopic (exact) mass is 544 g/mol. The summed E-state index contributed by atoms with van der Waals surface area (Å²) >= 11 is 0. The molecule has 0 aromatic heterocycles. The van der Waals surface area contributed by atoms with E-state index >= 15 is 0 Å². The molecule has 9 heteroatoms. The Morgan fingerprint density at radius 3 is 2.10 bits per heavy atom. The van der Waals surface area contributed by atoms with Crippen LogP contribution in [0.1, 0.15) is 81.1 Å². The minimum absolute atomic E-state index is 0.0406. The van der Waals surface area contributed by atoms with Gasteiger partial charge in [-0.25, -0.2) is 0 Å². The number of methoxy groups -OCH3 is 1. The zero-order valence-corrected chi connectivity index (χ0v) is 24.4. The molecule has 0 aromatic rings. The summed E-state index contributed by atoms with van der Waals surface area (Å²) in [5.74, 6) is -4.31. The van der Waals surface area contributed by atoms with E-state index in [-0.39, 0.29) is 23.5 Å². The lowest BCUT2D eigenvalue weighted by Crippen LogP contribution is -2.71. The highest BCUT2D eigenvalue weighted by Crippen LogP contribution is 2.78. The second-order valence-corrected chi connectivity index (χ2v) is 12.9. The molecule has 0 aliphatic heterocycles. The average Bonchev–Trinajstić information content (AvgIpc) is 3.01. The highest BCUT2D eigenvalue weighted by atomic mass is 16.6. The molecule has 0 saturated heterocycles. The van der Waals surface area contributed by atoms with Gasteiger partial charge in [0.2, 0.25) is 0 Å². The van der Waals surface area contributed by atoms with Gasteiger partial charge in [0.05, 0.1) is 17.9 Å². The van der Waals surface area contributed by atoms with Crippen LogP contribution >= 0.6 is 0 Å². The van der Waals surface area contributed by atoms with Crippen LogP contribution in [0.4, 0.5) is 0 Å². The number of aliphatic carboxylic acids is 1. The third-order valence-corrected chi connectivity index (χ3v) is 11.1. The topological polar surface area (TPSA) is 133 Å². The van der Waals surface area contributed by atoms with Crippen molar-refractivity contribution >= 4 is 29.7 Å². The van der Waals surface area contributed by atoms with Crippen molar-refractivity contribution in [3.8, 4) is 0 Å². The first-order valence-corrected chi connectivity index (χ1v) is 13.5. The average molecular weight is 545 g/mol. The summed E-state index contributed by atoms with van der Waals surface area (Å²) in [6, 6.07) is 0. The Morgan fingerprint density at radius 2 is 1.59 bits per heavy atom. The SMILES string of the molecule is COC(=O)C12C(OC(C)=O)=C(C)C(=O)C1(C)C(C)=CC1C3(C(=O)O)CCC(OC(C)=O)C(C)(C)C3CCC12C. The van der Waals surface area contributed by atoms with Gasteiger partial charge in [-0.1, -0.05) is 32.4 Å². The van der Waals surface area contributed by atoms with Crippen molar-refractivity contribution in [3.63, 3.8) is 0 Å². The fourth-order valence-corrected chi connectivity index (χ4v) is 9.39. The predicted octanol–water partition coefficient (Wildman–Crippen LogP) is 4.39. The van der Waals surface area contributed by atoms with Gasteiger partial charge in [0.25, 0.3) is 0 Å². The van der Waals surface area contributed by atoms with E-state index in [2.05, 4.69) is 0 Å². The molecular weight excluding hydrogens is 504 g/mol. The molecule has 0 bridgehead atoms. The Labute approximate surface area is 229 Å². The lowest BCUT2D eigenvalue weighted by atomic mass is 9.33. The van der Waals surface area contributed by atoms with Gasteiger partial charge in [-0.2, -0.15) is 0 Å². The minimum atomic E-state index is -1.75. The smallest absolute Gasteiger partial charge is 0.321 e. The first-order chi connectivity index (χ1) is 17.9. The number of hydrogen-bond donors (Lipinski definition) is 1. The van der Waals surface area contributed by atoms with Gasteiger partial charge in [-0.3, -0.25) is 24.0 Å². The Kier molecular flexibility index (Phi) is 6.52. The van der Waals surface area contributed by atoms with Crippen LogP contribution in [0.5, 0.6) is 0 Å². The Morgan fingerprint density at radius 1 is 0.974 bits per heavy atom. The first-order valence-electron chi connectivity index (χ1n) is 13.5. The van der Waals surface area contributed by atoms with Crippen molar-refractivity contribution in [1.29, 1.82) is 0 Å². The van der Waals surface area contributed by atoms with Gasteiger partial charge in [0.15, 0.2) is 5.78 Å². The largest absolute Gasteiger partial charge is 0.481 e. The molecule has 4 rings (SSSR count). The van der Waals surface area contributed by atoms with Gasteiger partial charge in [0, 0.05) is 30.8 Å². The van der Waals surface area contributed by atoms with Crippen molar-refractivity contribution in [3.05, 3.63) is 23.0 Å². The zero-order chi connectivity index (χ0) is 29.5. The fourth-order valence-electron chi connectivity index (χ4n) is 9.39. The van der Waals surface area contributed by atoms with Gasteiger partial charge >= 0.3 is 23.9 Å². The van der Waals surface area contributed by atoms with Crippen LogP contribution in [-0.2, 0) is 38.2 Å². The number of carboxylic acids is 1. The van der Waals surface area contributed by atoms with Crippen LogP contribution in [0.15, 0.2) is 23.0 Å². The number of Topliss-reactive ketones (excluding diaryl/α,β-unsaturated/α-hetero) is 1. The molecule has 0 aromatic carbocycles. The van der Waals surface area contributed by atoms with Crippen LogP contribution in [-0.4, -0.2) is 48.0 Å². The maximum Gasteiger partial charge on any atom is 0.321 e. The van der Waals surface area contributed by atoms with Gasteiger partial charge in [0.1, 0.15) is 17.3 Å². The van der Waals surface area contributed by atoms with E-state index in [1.807, 2.05) is 26.8 Å². The maximum atomic E-state index is 14.2. The van der Waals surface area contributed by atoms with Gasteiger partial charge in [-0.05, 0) is 57.8 Å². The zero-order valence-electron chi connectivity index (χ0n) is 24.4. The number of rotatable bonds is 4. The third-order valence-electron chi connectivity index (χ3n) is 11.1.